The number of aromatic nitrogens is 2. The molecule has 1 spiro atoms. The lowest BCUT2D eigenvalue weighted by Gasteiger charge is -2.31. The van der Waals surface area contributed by atoms with Gasteiger partial charge < -0.3 is 0 Å². The fraction of sp³-hybridized carbons (Fsp3) is 0.0426. The molecule has 0 fully saturated rings. The van der Waals surface area contributed by atoms with E-state index in [1.165, 1.54) is 77.2 Å². The maximum Gasteiger partial charge on any atom is 0.111 e. The summed E-state index contributed by atoms with van der Waals surface area (Å²) in [5.74, 6) is 0.992. The summed E-state index contributed by atoms with van der Waals surface area (Å²) in [5, 5.41) is 5.13. The third-order valence-corrected chi connectivity index (χ3v) is 11.1. The van der Waals surface area contributed by atoms with Gasteiger partial charge in [0.2, 0.25) is 0 Å². The molecule has 228 valence electrons. The van der Waals surface area contributed by atoms with E-state index in [0.29, 0.717) is 0 Å². The van der Waals surface area contributed by atoms with Crippen molar-refractivity contribution in [3.05, 3.63) is 192 Å². The van der Waals surface area contributed by atoms with Gasteiger partial charge in [0, 0.05) is 5.69 Å². The maximum atomic E-state index is 4.78. The first kappa shape index (κ1) is 26.8. The third kappa shape index (κ3) is 3.48. The van der Waals surface area contributed by atoms with Crippen LogP contribution >= 0.6 is 0 Å². The van der Waals surface area contributed by atoms with Crippen LogP contribution in [-0.2, 0) is 5.41 Å². The van der Waals surface area contributed by atoms with E-state index >= 15 is 0 Å². The summed E-state index contributed by atoms with van der Waals surface area (Å²) in [6.45, 7) is 2.07. The molecule has 0 saturated heterocycles. The summed E-state index contributed by atoms with van der Waals surface area (Å²) < 4.78 is 2.24. The van der Waals surface area contributed by atoms with E-state index in [1.807, 2.05) is 6.07 Å². The molecule has 11 rings (SSSR count). The number of hydrogen-bond donors (Lipinski definition) is 0. The Morgan fingerprint density at radius 1 is 0.469 bits per heavy atom. The SMILES string of the molecule is Cc1nc2ccccc2n1-c1ccc(-c2ccc3c4c(ccc3c2)-c2cc3ccccc3cc2C42c3ccccc3-c3ccccc32)cc1. The van der Waals surface area contributed by atoms with Gasteiger partial charge in [-0.1, -0.05) is 121 Å². The van der Waals surface area contributed by atoms with Crippen molar-refractivity contribution >= 4 is 32.6 Å². The summed E-state index contributed by atoms with van der Waals surface area (Å²) in [4.78, 5) is 4.78. The van der Waals surface area contributed by atoms with Crippen LogP contribution in [0.1, 0.15) is 28.1 Å². The summed E-state index contributed by atoms with van der Waals surface area (Å²) in [6, 6.07) is 60.9. The Kier molecular flexibility index (Phi) is 5.28. The van der Waals surface area contributed by atoms with E-state index in [2.05, 4.69) is 169 Å². The van der Waals surface area contributed by atoms with Crippen molar-refractivity contribution in [3.8, 4) is 39.1 Å². The Hall–Kier alpha value is -6.25. The summed E-state index contributed by atoms with van der Waals surface area (Å²) in [7, 11) is 0. The normalized spacial score (nSPS) is 13.6. The molecular formula is C47H30N2. The van der Waals surface area contributed by atoms with E-state index < -0.39 is 5.41 Å². The lowest BCUT2D eigenvalue weighted by Crippen LogP contribution is -2.26. The van der Waals surface area contributed by atoms with E-state index in [-0.39, 0.29) is 0 Å². The topological polar surface area (TPSA) is 17.8 Å². The first-order chi connectivity index (χ1) is 24.2. The largest absolute Gasteiger partial charge is 0.297 e. The molecule has 0 amide bonds. The first-order valence-electron chi connectivity index (χ1n) is 17.1. The van der Waals surface area contributed by atoms with E-state index in [0.717, 1.165) is 22.5 Å². The van der Waals surface area contributed by atoms with Gasteiger partial charge in [0.25, 0.3) is 0 Å². The molecular weight excluding hydrogens is 593 g/mol. The zero-order valence-electron chi connectivity index (χ0n) is 27.0. The minimum absolute atomic E-state index is 0.393. The Morgan fingerprint density at radius 3 is 1.90 bits per heavy atom. The monoisotopic (exact) mass is 622 g/mol. The van der Waals surface area contributed by atoms with Gasteiger partial charge in [-0.3, -0.25) is 4.57 Å². The van der Waals surface area contributed by atoms with Crippen LogP contribution < -0.4 is 0 Å². The Bertz CT molecular complexity index is 2790. The van der Waals surface area contributed by atoms with E-state index in [4.69, 9.17) is 4.98 Å². The molecule has 0 saturated carbocycles. The zero-order valence-corrected chi connectivity index (χ0v) is 27.0. The molecule has 0 radical (unpaired) electrons. The van der Waals surface area contributed by atoms with E-state index in [9.17, 15) is 0 Å². The van der Waals surface area contributed by atoms with Crippen molar-refractivity contribution in [1.82, 2.24) is 9.55 Å². The number of aryl methyl sites for hydroxylation is 1. The number of imidazole rings is 1. The summed E-state index contributed by atoms with van der Waals surface area (Å²) >= 11 is 0. The zero-order chi connectivity index (χ0) is 32.3. The van der Waals surface area contributed by atoms with Gasteiger partial charge in [0.15, 0.2) is 0 Å². The van der Waals surface area contributed by atoms with Crippen molar-refractivity contribution in [1.29, 1.82) is 0 Å². The van der Waals surface area contributed by atoms with Crippen LogP contribution in [0.15, 0.2) is 164 Å². The smallest absolute Gasteiger partial charge is 0.111 e. The first-order valence-corrected chi connectivity index (χ1v) is 17.1. The molecule has 2 aliphatic rings. The van der Waals surface area contributed by atoms with Gasteiger partial charge in [-0.25, -0.2) is 4.98 Å². The fourth-order valence-corrected chi connectivity index (χ4v) is 9.12. The molecule has 2 heteroatoms. The van der Waals surface area contributed by atoms with Crippen LogP contribution in [0.5, 0.6) is 0 Å². The highest BCUT2D eigenvalue weighted by Crippen LogP contribution is 2.64. The Morgan fingerprint density at radius 2 is 1.12 bits per heavy atom. The van der Waals surface area contributed by atoms with Gasteiger partial charge >= 0.3 is 0 Å². The molecule has 0 atom stereocenters. The second-order valence-electron chi connectivity index (χ2n) is 13.5. The van der Waals surface area contributed by atoms with Gasteiger partial charge in [-0.2, -0.15) is 0 Å². The number of para-hydroxylation sites is 2. The molecule has 0 aliphatic heterocycles. The van der Waals surface area contributed by atoms with E-state index in [1.54, 1.807) is 0 Å². The van der Waals surface area contributed by atoms with Gasteiger partial charge in [0.05, 0.1) is 16.4 Å². The van der Waals surface area contributed by atoms with Gasteiger partial charge in [0.1, 0.15) is 5.82 Å². The molecule has 2 aliphatic carbocycles. The van der Waals surface area contributed by atoms with Crippen LogP contribution in [-0.4, -0.2) is 9.55 Å². The lowest BCUT2D eigenvalue weighted by molar-refractivity contribution is 0.802. The maximum absolute atomic E-state index is 4.78. The molecule has 1 aromatic heterocycles. The highest BCUT2D eigenvalue weighted by Gasteiger charge is 2.52. The van der Waals surface area contributed by atoms with Crippen LogP contribution in [0, 0.1) is 6.92 Å². The molecule has 2 nitrogen and oxygen atoms in total. The minimum Gasteiger partial charge on any atom is -0.297 e. The minimum atomic E-state index is -0.393. The molecule has 9 aromatic rings. The highest BCUT2D eigenvalue weighted by atomic mass is 15.1. The van der Waals surface area contributed by atoms with Gasteiger partial charge in [-0.05, 0) is 127 Å². The molecule has 0 bridgehead atoms. The quantitative estimate of drug-likeness (QED) is 0.188. The van der Waals surface area contributed by atoms with Crippen molar-refractivity contribution in [2.45, 2.75) is 12.3 Å². The van der Waals surface area contributed by atoms with Crippen LogP contribution in [0.2, 0.25) is 0 Å². The molecule has 8 aromatic carbocycles. The van der Waals surface area contributed by atoms with Gasteiger partial charge in [-0.15, -0.1) is 0 Å². The molecule has 49 heavy (non-hydrogen) atoms. The number of fused-ring (bicyclic) bond motifs is 14. The summed E-state index contributed by atoms with van der Waals surface area (Å²) in [5.41, 5.74) is 16.2. The fourth-order valence-electron chi connectivity index (χ4n) is 9.12. The number of nitrogens with zero attached hydrogens (tertiary/aromatic N) is 2. The van der Waals surface area contributed by atoms with Crippen molar-refractivity contribution in [2.24, 2.45) is 0 Å². The highest BCUT2D eigenvalue weighted by molar-refractivity contribution is 6.06. The average Bonchev–Trinajstić information content (AvgIpc) is 3.76. The second-order valence-corrected chi connectivity index (χ2v) is 13.5. The second kappa shape index (κ2) is 9.65. The standard InChI is InChI=1S/C47H30N2/c1-29-48-44-16-8-9-17-45(44)49(29)35-22-18-30(19-23-35)33-20-24-36-34(26-33)21-25-39-40-27-31-10-2-3-11-32(31)28-43(40)47(46(36)39)41-14-6-4-12-37(41)38-13-5-7-15-42(38)47/h2-28H,1H3. The lowest BCUT2D eigenvalue weighted by atomic mass is 9.69. The van der Waals surface area contributed by atoms with Crippen molar-refractivity contribution in [2.75, 3.05) is 0 Å². The van der Waals surface area contributed by atoms with Crippen LogP contribution in [0.25, 0.3) is 71.6 Å². The predicted octanol–water partition coefficient (Wildman–Crippen LogP) is 11.7. The van der Waals surface area contributed by atoms with Crippen molar-refractivity contribution in [3.63, 3.8) is 0 Å². The predicted molar refractivity (Wildman–Crippen MR) is 203 cm³/mol. The number of hydrogen-bond acceptors (Lipinski definition) is 1. The number of benzene rings is 8. The van der Waals surface area contributed by atoms with Crippen LogP contribution in [0.3, 0.4) is 0 Å². The Balaban J connectivity index is 1.13. The number of rotatable bonds is 2. The Labute approximate surface area is 284 Å². The summed E-state index contributed by atoms with van der Waals surface area (Å²) in [6.07, 6.45) is 0. The molecule has 1 heterocycles. The third-order valence-electron chi connectivity index (χ3n) is 11.1. The van der Waals surface area contributed by atoms with Crippen LogP contribution in [0.4, 0.5) is 0 Å². The average molecular weight is 623 g/mol. The molecule has 0 unspecified atom stereocenters. The van der Waals surface area contributed by atoms with Crippen molar-refractivity contribution < 1.29 is 0 Å². The molecule has 0 N–H and O–H groups in total.